The van der Waals surface area contributed by atoms with Crippen LogP contribution in [0.5, 0.6) is 0 Å². The maximum Gasteiger partial charge on any atom is 0.0923 e. The number of rotatable bonds is 4. The molecule has 0 amide bonds. The molecule has 0 rings (SSSR count). The Kier molecular flexibility index (Phi) is 4.67. The summed E-state index contributed by atoms with van der Waals surface area (Å²) in [6.45, 7) is 1.79. The average molecular weight is 133 g/mol. The van der Waals surface area contributed by atoms with Crippen molar-refractivity contribution >= 4 is 0 Å². The average Bonchev–Trinajstić information content (AvgIpc) is 1.90. The van der Waals surface area contributed by atoms with Gasteiger partial charge in [0.2, 0.25) is 0 Å². The SMILES string of the molecule is CC[C@H](NC)[C@@H](O)CO. The lowest BCUT2D eigenvalue weighted by molar-refractivity contribution is 0.0640. The molecular formula is C6H15NO2. The Labute approximate surface area is 55.7 Å². The van der Waals surface area contributed by atoms with Gasteiger partial charge in [-0.1, -0.05) is 6.92 Å². The molecule has 0 aromatic rings. The van der Waals surface area contributed by atoms with Gasteiger partial charge in [0.1, 0.15) is 0 Å². The van der Waals surface area contributed by atoms with E-state index < -0.39 is 6.10 Å². The quantitative estimate of drug-likeness (QED) is 0.477. The minimum absolute atomic E-state index is 0.0231. The van der Waals surface area contributed by atoms with E-state index in [-0.39, 0.29) is 12.6 Å². The van der Waals surface area contributed by atoms with E-state index in [1.54, 1.807) is 7.05 Å². The van der Waals surface area contributed by atoms with Crippen LogP contribution in [0.2, 0.25) is 0 Å². The first-order valence-electron chi connectivity index (χ1n) is 3.22. The summed E-state index contributed by atoms with van der Waals surface area (Å²) in [5.41, 5.74) is 0. The van der Waals surface area contributed by atoms with Crippen LogP contribution in [0.4, 0.5) is 0 Å². The lowest BCUT2D eigenvalue weighted by atomic mass is 10.1. The van der Waals surface area contributed by atoms with Gasteiger partial charge in [0.15, 0.2) is 0 Å². The van der Waals surface area contributed by atoms with Gasteiger partial charge in [-0.3, -0.25) is 0 Å². The number of nitrogens with one attached hydrogen (secondary N) is 1. The van der Waals surface area contributed by atoms with Crippen LogP contribution < -0.4 is 5.32 Å². The summed E-state index contributed by atoms with van der Waals surface area (Å²) in [5, 5.41) is 20.4. The van der Waals surface area contributed by atoms with Crippen LogP contribution in [0.1, 0.15) is 13.3 Å². The van der Waals surface area contributed by atoms with Gasteiger partial charge < -0.3 is 15.5 Å². The van der Waals surface area contributed by atoms with Crippen LogP contribution in [-0.2, 0) is 0 Å². The molecule has 0 aliphatic heterocycles. The van der Waals surface area contributed by atoms with E-state index in [4.69, 9.17) is 10.2 Å². The van der Waals surface area contributed by atoms with Crippen molar-refractivity contribution in [1.82, 2.24) is 5.32 Å². The van der Waals surface area contributed by atoms with Gasteiger partial charge >= 0.3 is 0 Å². The maximum absolute atomic E-state index is 9.01. The van der Waals surface area contributed by atoms with Gasteiger partial charge in [-0.15, -0.1) is 0 Å². The minimum atomic E-state index is -0.625. The molecule has 0 saturated heterocycles. The van der Waals surface area contributed by atoms with E-state index in [2.05, 4.69) is 5.32 Å². The molecule has 0 aliphatic carbocycles. The molecule has 2 atom stereocenters. The number of hydrogen-bond acceptors (Lipinski definition) is 3. The number of aliphatic hydroxyl groups excluding tert-OH is 2. The van der Waals surface area contributed by atoms with Crippen LogP contribution in [0.25, 0.3) is 0 Å². The molecule has 0 heterocycles. The Morgan fingerprint density at radius 1 is 1.56 bits per heavy atom. The Morgan fingerprint density at radius 2 is 2.11 bits per heavy atom. The molecule has 0 fully saturated rings. The highest BCUT2D eigenvalue weighted by Crippen LogP contribution is 1.95. The van der Waals surface area contributed by atoms with E-state index in [1.807, 2.05) is 6.92 Å². The third kappa shape index (κ3) is 2.79. The molecule has 0 unspecified atom stereocenters. The molecule has 0 aliphatic rings. The second kappa shape index (κ2) is 4.73. The standard InChI is InChI=1S/C6H15NO2/c1-3-5(7-2)6(9)4-8/h5-9H,3-4H2,1-2H3/t5-,6-/m0/s1. The normalized spacial score (nSPS) is 17.3. The predicted molar refractivity (Wildman–Crippen MR) is 36.2 cm³/mol. The fraction of sp³-hybridized carbons (Fsp3) is 1.00. The summed E-state index contributed by atoms with van der Waals surface area (Å²) >= 11 is 0. The largest absolute Gasteiger partial charge is 0.394 e. The van der Waals surface area contributed by atoms with E-state index in [9.17, 15) is 0 Å². The molecule has 3 N–H and O–H groups in total. The van der Waals surface area contributed by atoms with E-state index in [0.717, 1.165) is 6.42 Å². The van der Waals surface area contributed by atoms with Gasteiger partial charge in [0, 0.05) is 6.04 Å². The first kappa shape index (κ1) is 8.88. The van der Waals surface area contributed by atoms with Crippen molar-refractivity contribution in [3.8, 4) is 0 Å². The number of hydrogen-bond donors (Lipinski definition) is 3. The van der Waals surface area contributed by atoms with Crippen LogP contribution in [0.15, 0.2) is 0 Å². The fourth-order valence-electron chi connectivity index (χ4n) is 0.796. The van der Waals surface area contributed by atoms with Crippen molar-refractivity contribution in [2.75, 3.05) is 13.7 Å². The molecule has 0 bridgehead atoms. The Bertz CT molecular complexity index is 64.1. The zero-order chi connectivity index (χ0) is 7.28. The van der Waals surface area contributed by atoms with Crippen LogP contribution in [0, 0.1) is 0 Å². The van der Waals surface area contributed by atoms with Crippen molar-refractivity contribution in [3.05, 3.63) is 0 Å². The summed E-state index contributed by atoms with van der Waals surface area (Å²) < 4.78 is 0. The Hall–Kier alpha value is -0.120. The predicted octanol–water partition coefficient (Wildman–Crippen LogP) is -0.662. The van der Waals surface area contributed by atoms with Gasteiger partial charge in [-0.25, -0.2) is 0 Å². The van der Waals surface area contributed by atoms with Gasteiger partial charge in [-0.2, -0.15) is 0 Å². The molecular weight excluding hydrogens is 118 g/mol. The summed E-state index contributed by atoms with van der Waals surface area (Å²) in [4.78, 5) is 0. The van der Waals surface area contributed by atoms with Gasteiger partial charge in [0.25, 0.3) is 0 Å². The van der Waals surface area contributed by atoms with E-state index >= 15 is 0 Å². The fourth-order valence-corrected chi connectivity index (χ4v) is 0.796. The number of likely N-dealkylation sites (N-methyl/N-ethyl adjacent to an activating group) is 1. The number of aliphatic hydroxyl groups is 2. The Morgan fingerprint density at radius 3 is 2.22 bits per heavy atom. The summed E-state index contributed by atoms with van der Waals surface area (Å²) in [6, 6.07) is 0.0231. The summed E-state index contributed by atoms with van der Waals surface area (Å²) in [6.07, 6.45) is 0.207. The second-order valence-electron chi connectivity index (χ2n) is 2.05. The van der Waals surface area contributed by atoms with E-state index in [1.165, 1.54) is 0 Å². The minimum Gasteiger partial charge on any atom is -0.394 e. The third-order valence-electron chi connectivity index (χ3n) is 1.46. The monoisotopic (exact) mass is 133 g/mol. The van der Waals surface area contributed by atoms with Crippen molar-refractivity contribution in [3.63, 3.8) is 0 Å². The smallest absolute Gasteiger partial charge is 0.0923 e. The molecule has 3 heteroatoms. The van der Waals surface area contributed by atoms with Crippen molar-refractivity contribution in [2.45, 2.75) is 25.5 Å². The highest BCUT2D eigenvalue weighted by molar-refractivity contribution is 4.70. The first-order valence-corrected chi connectivity index (χ1v) is 3.22. The van der Waals surface area contributed by atoms with Crippen molar-refractivity contribution < 1.29 is 10.2 Å². The highest BCUT2D eigenvalue weighted by atomic mass is 16.3. The molecule has 0 saturated carbocycles. The molecule has 0 radical (unpaired) electrons. The second-order valence-corrected chi connectivity index (χ2v) is 2.05. The molecule has 0 aromatic heterocycles. The van der Waals surface area contributed by atoms with Crippen molar-refractivity contribution in [2.24, 2.45) is 0 Å². The maximum atomic E-state index is 9.01. The zero-order valence-corrected chi connectivity index (χ0v) is 5.96. The van der Waals surface area contributed by atoms with Gasteiger partial charge in [-0.05, 0) is 13.5 Å². The van der Waals surface area contributed by atoms with Crippen LogP contribution in [-0.4, -0.2) is 36.0 Å². The topological polar surface area (TPSA) is 52.5 Å². The van der Waals surface area contributed by atoms with E-state index in [0.29, 0.717) is 0 Å². The Balaban J connectivity index is 3.50. The summed E-state index contributed by atoms with van der Waals surface area (Å²) in [7, 11) is 1.77. The zero-order valence-electron chi connectivity index (χ0n) is 5.96. The van der Waals surface area contributed by atoms with Crippen LogP contribution >= 0.6 is 0 Å². The summed E-state index contributed by atoms with van der Waals surface area (Å²) in [5.74, 6) is 0. The van der Waals surface area contributed by atoms with Gasteiger partial charge in [0.05, 0.1) is 12.7 Å². The first-order chi connectivity index (χ1) is 4.26. The lowest BCUT2D eigenvalue weighted by Crippen LogP contribution is -2.39. The lowest BCUT2D eigenvalue weighted by Gasteiger charge is -2.18. The highest BCUT2D eigenvalue weighted by Gasteiger charge is 2.12. The van der Waals surface area contributed by atoms with Crippen LogP contribution in [0.3, 0.4) is 0 Å². The third-order valence-corrected chi connectivity index (χ3v) is 1.46. The molecule has 56 valence electrons. The molecule has 3 nitrogen and oxygen atoms in total. The van der Waals surface area contributed by atoms with Crippen molar-refractivity contribution in [1.29, 1.82) is 0 Å². The molecule has 0 aromatic carbocycles. The molecule has 9 heavy (non-hydrogen) atoms. The molecule has 0 spiro atoms.